The molecule has 3 heterocycles. The predicted molar refractivity (Wildman–Crippen MR) is 164 cm³/mol. The topological polar surface area (TPSA) is 128 Å². The molecular formula is C29H35ClN6O5S. The Kier molecular flexibility index (Phi) is 10.6. The molecule has 42 heavy (non-hydrogen) atoms. The van der Waals surface area contributed by atoms with E-state index in [1.165, 1.54) is 4.90 Å². The number of halogens is 1. The second-order valence-corrected chi connectivity index (χ2v) is 11.4. The number of amides is 2. The van der Waals surface area contributed by atoms with E-state index in [-0.39, 0.29) is 24.2 Å². The molecule has 0 bridgehead atoms. The zero-order chi connectivity index (χ0) is 30.2. The van der Waals surface area contributed by atoms with Crippen LogP contribution in [0.1, 0.15) is 48.8 Å². The number of carboxylic acid groups (broad SMARTS) is 1. The van der Waals surface area contributed by atoms with Crippen molar-refractivity contribution >= 4 is 58.4 Å². The molecule has 2 N–H and O–H groups in total. The number of ether oxygens (including phenoxy) is 1. The molecule has 0 unspecified atom stereocenters. The Morgan fingerprint density at radius 2 is 1.76 bits per heavy atom. The smallest absolute Gasteiger partial charge is 0.415 e. The molecule has 1 aliphatic heterocycles. The Hall–Kier alpha value is -3.90. The number of nitrogens with one attached hydrogen (secondary N) is 1. The van der Waals surface area contributed by atoms with Crippen LogP contribution in [-0.2, 0) is 11.2 Å². The SMILES string of the molecule is CCN(CC)c1ncc(N(CC)C(=O)c2ccc(Cl)s2)c(N[C@@H](Cc2ccc(OC(=O)N3CCCC3)cc2)C(=O)O)n1. The monoisotopic (exact) mass is 614 g/mol. The van der Waals surface area contributed by atoms with Crippen molar-refractivity contribution in [3.63, 3.8) is 0 Å². The fourth-order valence-electron chi connectivity index (χ4n) is 4.67. The average Bonchev–Trinajstić information content (AvgIpc) is 3.68. The molecular weight excluding hydrogens is 580 g/mol. The third kappa shape index (κ3) is 7.48. The van der Waals surface area contributed by atoms with Crippen LogP contribution in [0.4, 0.5) is 22.2 Å². The first-order valence-electron chi connectivity index (χ1n) is 14.0. The molecule has 0 spiro atoms. The Balaban J connectivity index is 1.58. The maximum Gasteiger partial charge on any atom is 0.415 e. The van der Waals surface area contributed by atoms with Gasteiger partial charge >= 0.3 is 12.1 Å². The third-order valence-electron chi connectivity index (χ3n) is 6.98. The summed E-state index contributed by atoms with van der Waals surface area (Å²) >= 11 is 7.24. The molecule has 1 aliphatic rings. The van der Waals surface area contributed by atoms with Crippen molar-refractivity contribution in [3.8, 4) is 5.75 Å². The van der Waals surface area contributed by atoms with Gasteiger partial charge in [-0.05, 0) is 63.4 Å². The summed E-state index contributed by atoms with van der Waals surface area (Å²) in [6.45, 7) is 8.74. The number of carbonyl (C=O) groups excluding carboxylic acids is 2. The Morgan fingerprint density at radius 3 is 2.33 bits per heavy atom. The molecule has 0 aliphatic carbocycles. The summed E-state index contributed by atoms with van der Waals surface area (Å²) in [5, 5.41) is 13.2. The quantitative estimate of drug-likeness (QED) is 0.275. The first kappa shape index (κ1) is 31.0. The molecule has 224 valence electrons. The molecule has 2 amide bonds. The highest BCUT2D eigenvalue weighted by Crippen LogP contribution is 2.30. The molecule has 11 nitrogen and oxygen atoms in total. The van der Waals surface area contributed by atoms with E-state index < -0.39 is 12.0 Å². The van der Waals surface area contributed by atoms with E-state index in [0.717, 1.165) is 24.2 Å². The first-order chi connectivity index (χ1) is 20.2. The number of rotatable bonds is 12. The summed E-state index contributed by atoms with van der Waals surface area (Å²) in [5.74, 6) is -0.339. The minimum atomic E-state index is -1.09. The lowest BCUT2D eigenvalue weighted by Crippen LogP contribution is -2.36. The van der Waals surface area contributed by atoms with Crippen molar-refractivity contribution in [2.45, 2.75) is 46.1 Å². The van der Waals surface area contributed by atoms with Crippen molar-refractivity contribution in [1.82, 2.24) is 14.9 Å². The van der Waals surface area contributed by atoms with E-state index in [2.05, 4.69) is 15.3 Å². The summed E-state index contributed by atoms with van der Waals surface area (Å²) in [6, 6.07) is 9.00. The van der Waals surface area contributed by atoms with Crippen LogP contribution < -0.4 is 19.9 Å². The van der Waals surface area contributed by atoms with Crippen LogP contribution in [0, 0.1) is 0 Å². The number of hydrogen-bond acceptors (Lipinski definition) is 9. The largest absolute Gasteiger partial charge is 0.480 e. The molecule has 13 heteroatoms. The number of thiophene rings is 1. The van der Waals surface area contributed by atoms with Gasteiger partial charge in [0.1, 0.15) is 17.5 Å². The van der Waals surface area contributed by atoms with Crippen LogP contribution in [0.2, 0.25) is 4.34 Å². The number of anilines is 3. The molecule has 0 radical (unpaired) electrons. The van der Waals surface area contributed by atoms with Gasteiger partial charge in [-0.25, -0.2) is 14.6 Å². The first-order valence-corrected chi connectivity index (χ1v) is 15.2. The van der Waals surface area contributed by atoms with Crippen LogP contribution in [0.5, 0.6) is 5.75 Å². The number of nitrogens with zero attached hydrogens (tertiary/aromatic N) is 5. The Labute approximate surface area is 254 Å². The van der Waals surface area contributed by atoms with E-state index >= 15 is 0 Å². The second-order valence-electron chi connectivity index (χ2n) is 9.67. The number of aromatic nitrogens is 2. The summed E-state index contributed by atoms with van der Waals surface area (Å²) in [7, 11) is 0. The lowest BCUT2D eigenvalue weighted by Gasteiger charge is -2.26. The highest BCUT2D eigenvalue weighted by Gasteiger charge is 2.27. The van der Waals surface area contributed by atoms with E-state index in [9.17, 15) is 19.5 Å². The number of carboxylic acids is 1. The summed E-state index contributed by atoms with van der Waals surface area (Å²) in [4.78, 5) is 52.9. The van der Waals surface area contributed by atoms with Gasteiger partial charge in [-0.3, -0.25) is 4.79 Å². The lowest BCUT2D eigenvalue weighted by molar-refractivity contribution is -0.137. The number of likely N-dealkylation sites (tertiary alicyclic amines) is 1. The van der Waals surface area contributed by atoms with Gasteiger partial charge in [-0.1, -0.05) is 23.7 Å². The normalized spacial score (nSPS) is 13.5. The minimum absolute atomic E-state index is 0.111. The van der Waals surface area contributed by atoms with Gasteiger partial charge in [0.15, 0.2) is 5.82 Å². The number of aliphatic carboxylic acids is 1. The summed E-state index contributed by atoms with van der Waals surface area (Å²) in [6.07, 6.45) is 3.21. The highest BCUT2D eigenvalue weighted by atomic mass is 35.5. The fraction of sp³-hybridized carbons (Fsp3) is 0.414. The molecule has 3 aromatic rings. The molecule has 1 aromatic carbocycles. The number of hydrogen-bond donors (Lipinski definition) is 2. The fourth-order valence-corrected chi connectivity index (χ4v) is 5.67. The van der Waals surface area contributed by atoms with Crippen molar-refractivity contribution in [1.29, 1.82) is 0 Å². The molecule has 4 rings (SSSR count). The predicted octanol–water partition coefficient (Wildman–Crippen LogP) is 5.41. The Bertz CT molecular complexity index is 1390. The molecule has 1 atom stereocenters. The highest BCUT2D eigenvalue weighted by molar-refractivity contribution is 7.18. The van der Waals surface area contributed by atoms with E-state index in [0.29, 0.717) is 64.9 Å². The van der Waals surface area contributed by atoms with Gasteiger partial charge < -0.3 is 29.9 Å². The van der Waals surface area contributed by atoms with Crippen molar-refractivity contribution in [2.75, 3.05) is 47.8 Å². The van der Waals surface area contributed by atoms with Crippen molar-refractivity contribution in [3.05, 3.63) is 57.4 Å². The van der Waals surface area contributed by atoms with Crippen LogP contribution >= 0.6 is 22.9 Å². The van der Waals surface area contributed by atoms with Crippen LogP contribution in [-0.4, -0.2) is 76.7 Å². The maximum absolute atomic E-state index is 13.4. The number of benzene rings is 1. The van der Waals surface area contributed by atoms with Gasteiger partial charge in [0.25, 0.3) is 5.91 Å². The molecule has 1 saturated heterocycles. The van der Waals surface area contributed by atoms with Crippen LogP contribution in [0.25, 0.3) is 0 Å². The van der Waals surface area contributed by atoms with E-state index in [4.69, 9.17) is 16.3 Å². The van der Waals surface area contributed by atoms with Crippen LogP contribution in [0.15, 0.2) is 42.6 Å². The molecule has 0 saturated carbocycles. The average molecular weight is 615 g/mol. The summed E-state index contributed by atoms with van der Waals surface area (Å²) < 4.78 is 5.95. The molecule has 2 aromatic heterocycles. The van der Waals surface area contributed by atoms with Gasteiger partial charge in [0.05, 0.1) is 15.4 Å². The van der Waals surface area contributed by atoms with Crippen molar-refractivity contribution < 1.29 is 24.2 Å². The summed E-state index contributed by atoms with van der Waals surface area (Å²) in [5.41, 5.74) is 1.07. The standard InChI is InChI=1S/C29H35ClN6O5S/c1-4-34(5-2)28-31-18-22(36(6-3)26(37)23-13-14-24(30)42-23)25(33-28)32-21(27(38)39)17-19-9-11-20(12-10-19)41-29(40)35-15-7-8-16-35/h9-14,18,21H,4-8,15-17H2,1-3H3,(H,38,39)(H,31,32,33)/t21-/m0/s1. The number of carbonyl (C=O) groups is 3. The van der Waals surface area contributed by atoms with Gasteiger partial charge in [-0.15, -0.1) is 11.3 Å². The second kappa shape index (κ2) is 14.3. The zero-order valence-corrected chi connectivity index (χ0v) is 25.5. The van der Waals surface area contributed by atoms with Crippen LogP contribution in [0.3, 0.4) is 0 Å². The lowest BCUT2D eigenvalue weighted by atomic mass is 10.1. The molecule has 1 fully saturated rings. The zero-order valence-electron chi connectivity index (χ0n) is 23.9. The van der Waals surface area contributed by atoms with Crippen molar-refractivity contribution in [2.24, 2.45) is 0 Å². The maximum atomic E-state index is 13.4. The van der Waals surface area contributed by atoms with Gasteiger partial charge in [0, 0.05) is 39.1 Å². The Morgan fingerprint density at radius 1 is 1.07 bits per heavy atom. The van der Waals surface area contributed by atoms with Gasteiger partial charge in [0.2, 0.25) is 5.95 Å². The third-order valence-corrected chi connectivity index (χ3v) is 8.20. The van der Waals surface area contributed by atoms with E-state index in [1.54, 1.807) is 47.5 Å². The minimum Gasteiger partial charge on any atom is -0.480 e. The van der Waals surface area contributed by atoms with Gasteiger partial charge in [-0.2, -0.15) is 4.98 Å². The van der Waals surface area contributed by atoms with E-state index in [1.807, 2.05) is 25.7 Å².